The number of hydrogen-bond donors (Lipinski definition) is 2. The van der Waals surface area contributed by atoms with E-state index in [0.29, 0.717) is 10.1 Å². The molecule has 0 bridgehead atoms. The van der Waals surface area contributed by atoms with Crippen molar-refractivity contribution < 1.29 is 13.2 Å². The van der Waals surface area contributed by atoms with E-state index in [0.717, 1.165) is 17.4 Å². The van der Waals surface area contributed by atoms with Gasteiger partial charge >= 0.3 is 6.18 Å². The molecule has 0 aliphatic heterocycles. The van der Waals surface area contributed by atoms with Gasteiger partial charge in [-0.2, -0.15) is 13.2 Å². The lowest BCUT2D eigenvalue weighted by molar-refractivity contribution is -0.136. The molecule has 3 N–H and O–H groups in total. The first kappa shape index (κ1) is 13.0. The third kappa shape index (κ3) is 2.85. The molecule has 8 heteroatoms. The second kappa shape index (κ2) is 4.66. The number of halogens is 4. The van der Waals surface area contributed by atoms with Crippen molar-refractivity contribution in [1.29, 1.82) is 0 Å². The summed E-state index contributed by atoms with van der Waals surface area (Å²) >= 11 is 6.63. The van der Waals surface area contributed by atoms with Crippen molar-refractivity contribution in [2.24, 2.45) is 0 Å². The van der Waals surface area contributed by atoms with Crippen LogP contribution in [0.25, 0.3) is 0 Å². The van der Waals surface area contributed by atoms with Gasteiger partial charge in [0, 0.05) is 5.02 Å². The summed E-state index contributed by atoms with van der Waals surface area (Å²) in [6.45, 7) is 0. The summed E-state index contributed by atoms with van der Waals surface area (Å²) in [5, 5.41) is 3.30. The molecule has 0 aliphatic carbocycles. The quantitative estimate of drug-likeness (QED) is 0.875. The summed E-state index contributed by atoms with van der Waals surface area (Å²) < 4.78 is 38.4. The molecular weight excluding hydrogens is 287 g/mol. The van der Waals surface area contributed by atoms with Crippen molar-refractivity contribution in [1.82, 2.24) is 4.98 Å². The van der Waals surface area contributed by atoms with Gasteiger partial charge in [-0.25, -0.2) is 4.98 Å². The summed E-state index contributed by atoms with van der Waals surface area (Å²) in [5.74, 6) is 0. The van der Waals surface area contributed by atoms with Crippen LogP contribution in [-0.4, -0.2) is 4.98 Å². The summed E-state index contributed by atoms with van der Waals surface area (Å²) in [4.78, 5) is 3.84. The Labute approximate surface area is 109 Å². The number of hydrogen-bond acceptors (Lipinski definition) is 4. The number of nitrogens with two attached hydrogens (primary N) is 1. The maximum absolute atomic E-state index is 12.8. The number of benzene rings is 1. The smallest absolute Gasteiger partial charge is 0.389 e. The van der Waals surface area contributed by atoms with Crippen molar-refractivity contribution in [3.8, 4) is 0 Å². The number of anilines is 3. The third-order valence-electron chi connectivity index (χ3n) is 2.05. The fraction of sp³-hybridized carbons (Fsp3) is 0.100. The SMILES string of the molecule is Nc1cnc(Nc2ccc(Cl)cc2C(F)(F)F)s1. The van der Waals surface area contributed by atoms with Crippen LogP contribution in [0.1, 0.15) is 5.56 Å². The van der Waals surface area contributed by atoms with E-state index in [1.165, 1.54) is 18.3 Å². The van der Waals surface area contributed by atoms with E-state index >= 15 is 0 Å². The summed E-state index contributed by atoms with van der Waals surface area (Å²) in [6.07, 6.45) is -3.12. The first-order valence-electron chi connectivity index (χ1n) is 4.71. The predicted molar refractivity (Wildman–Crippen MR) is 66.3 cm³/mol. The molecule has 0 saturated heterocycles. The van der Waals surface area contributed by atoms with Crippen LogP contribution in [-0.2, 0) is 6.18 Å². The van der Waals surface area contributed by atoms with E-state index < -0.39 is 11.7 Å². The standard InChI is InChI=1S/C10H7ClF3N3S/c11-5-1-2-7(6(3-5)10(12,13)14)17-9-16-4-8(15)18-9/h1-4H,15H2,(H,16,17). The molecular formula is C10H7ClF3N3S. The van der Waals surface area contributed by atoms with Gasteiger partial charge in [0.15, 0.2) is 5.13 Å². The Morgan fingerprint density at radius 2 is 2.06 bits per heavy atom. The van der Waals surface area contributed by atoms with E-state index in [1.54, 1.807) is 0 Å². The lowest BCUT2D eigenvalue weighted by Crippen LogP contribution is -2.08. The summed E-state index contributed by atoms with van der Waals surface area (Å²) in [6, 6.07) is 3.49. The van der Waals surface area contributed by atoms with Gasteiger partial charge in [-0.15, -0.1) is 0 Å². The minimum absolute atomic E-state index is 0.0199. The summed E-state index contributed by atoms with van der Waals surface area (Å²) in [7, 11) is 0. The molecule has 96 valence electrons. The monoisotopic (exact) mass is 293 g/mol. The Kier molecular flexibility index (Phi) is 3.36. The zero-order chi connectivity index (χ0) is 13.3. The Balaban J connectivity index is 2.38. The van der Waals surface area contributed by atoms with Gasteiger partial charge in [-0.05, 0) is 18.2 Å². The lowest BCUT2D eigenvalue weighted by Gasteiger charge is -2.13. The van der Waals surface area contributed by atoms with Gasteiger partial charge in [0.1, 0.15) is 5.00 Å². The number of aromatic nitrogens is 1. The van der Waals surface area contributed by atoms with Crippen LogP contribution in [0, 0.1) is 0 Å². The molecule has 2 rings (SSSR count). The van der Waals surface area contributed by atoms with Gasteiger partial charge in [-0.1, -0.05) is 22.9 Å². The van der Waals surface area contributed by atoms with Crippen LogP contribution < -0.4 is 11.1 Å². The molecule has 0 amide bonds. The van der Waals surface area contributed by atoms with Gasteiger partial charge < -0.3 is 11.1 Å². The van der Waals surface area contributed by atoms with Crippen LogP contribution in [0.2, 0.25) is 5.02 Å². The van der Waals surface area contributed by atoms with Crippen molar-refractivity contribution in [3.63, 3.8) is 0 Å². The van der Waals surface area contributed by atoms with Gasteiger partial charge in [0.2, 0.25) is 0 Å². The van der Waals surface area contributed by atoms with E-state index in [9.17, 15) is 13.2 Å². The van der Waals surface area contributed by atoms with E-state index in [1.807, 2.05) is 0 Å². The molecule has 0 spiro atoms. The molecule has 2 aromatic rings. The second-order valence-electron chi connectivity index (χ2n) is 3.38. The summed E-state index contributed by atoms with van der Waals surface area (Å²) in [5.41, 5.74) is 4.50. The highest BCUT2D eigenvalue weighted by molar-refractivity contribution is 7.19. The highest BCUT2D eigenvalue weighted by Crippen LogP contribution is 2.38. The zero-order valence-electron chi connectivity index (χ0n) is 8.75. The first-order chi connectivity index (χ1) is 8.36. The molecule has 1 heterocycles. The second-order valence-corrected chi connectivity index (χ2v) is 4.88. The van der Waals surface area contributed by atoms with Gasteiger partial charge in [-0.3, -0.25) is 0 Å². The van der Waals surface area contributed by atoms with Crippen molar-refractivity contribution >= 4 is 38.8 Å². The fourth-order valence-corrected chi connectivity index (χ4v) is 2.09. The normalized spacial score (nSPS) is 11.6. The first-order valence-corrected chi connectivity index (χ1v) is 5.91. The zero-order valence-corrected chi connectivity index (χ0v) is 10.3. The minimum atomic E-state index is -4.49. The molecule has 18 heavy (non-hydrogen) atoms. The Morgan fingerprint density at radius 3 is 2.61 bits per heavy atom. The lowest BCUT2D eigenvalue weighted by atomic mass is 10.1. The highest BCUT2D eigenvalue weighted by Gasteiger charge is 2.34. The molecule has 0 radical (unpaired) electrons. The number of nitrogens with one attached hydrogen (secondary N) is 1. The highest BCUT2D eigenvalue weighted by atomic mass is 35.5. The molecule has 3 nitrogen and oxygen atoms in total. The van der Waals surface area contributed by atoms with Crippen LogP contribution in [0.3, 0.4) is 0 Å². The number of nitrogens with zero attached hydrogens (tertiary/aromatic N) is 1. The predicted octanol–water partition coefficient (Wildman–Crippen LogP) is 4.14. The molecule has 1 aromatic carbocycles. The molecule has 0 saturated carbocycles. The van der Waals surface area contributed by atoms with E-state index in [2.05, 4.69) is 10.3 Å². The Hall–Kier alpha value is -1.47. The van der Waals surface area contributed by atoms with Crippen LogP contribution in [0.4, 0.5) is 29.0 Å². The van der Waals surface area contributed by atoms with Crippen molar-refractivity contribution in [2.75, 3.05) is 11.1 Å². The van der Waals surface area contributed by atoms with Crippen molar-refractivity contribution in [2.45, 2.75) is 6.18 Å². The minimum Gasteiger partial charge on any atom is -0.389 e. The average molecular weight is 294 g/mol. The molecule has 1 aromatic heterocycles. The fourth-order valence-electron chi connectivity index (χ4n) is 1.32. The van der Waals surface area contributed by atoms with Crippen molar-refractivity contribution in [3.05, 3.63) is 35.0 Å². The van der Waals surface area contributed by atoms with E-state index in [4.69, 9.17) is 17.3 Å². The van der Waals surface area contributed by atoms with Crippen LogP contribution >= 0.6 is 22.9 Å². The molecule has 0 atom stereocenters. The molecule has 0 fully saturated rings. The van der Waals surface area contributed by atoms with Gasteiger partial charge in [0.25, 0.3) is 0 Å². The maximum atomic E-state index is 12.8. The van der Waals surface area contributed by atoms with Crippen LogP contribution in [0.5, 0.6) is 0 Å². The van der Waals surface area contributed by atoms with Gasteiger partial charge in [0.05, 0.1) is 17.4 Å². The largest absolute Gasteiger partial charge is 0.418 e. The average Bonchev–Trinajstić information content (AvgIpc) is 2.65. The number of rotatable bonds is 2. The van der Waals surface area contributed by atoms with Crippen LogP contribution in [0.15, 0.2) is 24.4 Å². The topological polar surface area (TPSA) is 50.9 Å². The Bertz CT molecular complexity index is 568. The Morgan fingerprint density at radius 1 is 1.33 bits per heavy atom. The number of alkyl halides is 3. The third-order valence-corrected chi connectivity index (χ3v) is 3.03. The number of nitrogen functional groups attached to an aromatic ring is 1. The molecule has 0 unspecified atom stereocenters. The maximum Gasteiger partial charge on any atom is 0.418 e. The molecule has 0 aliphatic rings. The van der Waals surface area contributed by atoms with E-state index in [-0.39, 0.29) is 10.7 Å². The number of thiazole rings is 1.